The SMILES string of the molecule is N#Cc1ccccc1Nc1nc(C(=O)O)co1. The minimum atomic E-state index is -1.17. The van der Waals surface area contributed by atoms with E-state index in [0.29, 0.717) is 11.3 Å². The molecule has 2 rings (SSSR count). The van der Waals surface area contributed by atoms with Crippen LogP contribution in [0.5, 0.6) is 0 Å². The number of hydrogen-bond donors (Lipinski definition) is 2. The normalized spacial score (nSPS) is 9.59. The Bertz CT molecular complexity index is 598. The van der Waals surface area contributed by atoms with Gasteiger partial charge in [0.25, 0.3) is 6.01 Å². The third-order valence-electron chi connectivity index (χ3n) is 2.01. The van der Waals surface area contributed by atoms with Gasteiger partial charge in [-0.3, -0.25) is 0 Å². The van der Waals surface area contributed by atoms with E-state index in [1.165, 1.54) is 0 Å². The molecule has 0 spiro atoms. The molecule has 17 heavy (non-hydrogen) atoms. The van der Waals surface area contributed by atoms with Gasteiger partial charge in [-0.05, 0) is 12.1 Å². The van der Waals surface area contributed by atoms with Crippen molar-refractivity contribution in [3.05, 3.63) is 41.8 Å². The molecular formula is C11H7N3O3. The largest absolute Gasteiger partial charge is 0.476 e. The van der Waals surface area contributed by atoms with Crippen LogP contribution in [0.1, 0.15) is 16.1 Å². The first-order chi connectivity index (χ1) is 8.20. The van der Waals surface area contributed by atoms with Crippen LogP contribution in [0.2, 0.25) is 0 Å². The van der Waals surface area contributed by atoms with Crippen LogP contribution in [-0.4, -0.2) is 16.1 Å². The molecule has 0 atom stereocenters. The highest BCUT2D eigenvalue weighted by Crippen LogP contribution is 2.19. The number of carboxylic acid groups (broad SMARTS) is 1. The fourth-order valence-electron chi connectivity index (χ4n) is 1.23. The zero-order chi connectivity index (χ0) is 12.3. The summed E-state index contributed by atoms with van der Waals surface area (Å²) >= 11 is 0. The van der Waals surface area contributed by atoms with E-state index in [-0.39, 0.29) is 11.7 Å². The van der Waals surface area contributed by atoms with E-state index in [1.807, 2.05) is 6.07 Å². The van der Waals surface area contributed by atoms with Crippen molar-refractivity contribution in [2.24, 2.45) is 0 Å². The topological polar surface area (TPSA) is 99.2 Å². The maximum Gasteiger partial charge on any atom is 0.357 e. The molecule has 1 heterocycles. The number of benzene rings is 1. The molecule has 1 aromatic carbocycles. The Morgan fingerprint density at radius 3 is 2.88 bits per heavy atom. The maximum absolute atomic E-state index is 10.6. The molecule has 0 aliphatic heterocycles. The number of nitrogens with zero attached hydrogens (tertiary/aromatic N) is 2. The van der Waals surface area contributed by atoms with Crippen molar-refractivity contribution < 1.29 is 14.3 Å². The Balaban J connectivity index is 2.26. The summed E-state index contributed by atoms with van der Waals surface area (Å²) in [6, 6.07) is 8.79. The summed E-state index contributed by atoms with van der Waals surface area (Å²) in [5.41, 5.74) is 0.735. The summed E-state index contributed by atoms with van der Waals surface area (Å²) in [6.45, 7) is 0. The van der Waals surface area contributed by atoms with Crippen LogP contribution in [0, 0.1) is 11.3 Å². The summed E-state index contributed by atoms with van der Waals surface area (Å²) in [6.07, 6.45) is 1.03. The predicted molar refractivity (Wildman–Crippen MR) is 57.9 cm³/mol. The number of nitriles is 1. The average molecular weight is 229 g/mol. The van der Waals surface area contributed by atoms with E-state index >= 15 is 0 Å². The van der Waals surface area contributed by atoms with E-state index in [4.69, 9.17) is 14.8 Å². The molecule has 6 nitrogen and oxygen atoms in total. The molecule has 0 aliphatic rings. The smallest absolute Gasteiger partial charge is 0.357 e. The van der Waals surface area contributed by atoms with Gasteiger partial charge in [-0.2, -0.15) is 10.2 Å². The van der Waals surface area contributed by atoms with Gasteiger partial charge >= 0.3 is 5.97 Å². The first-order valence-corrected chi connectivity index (χ1v) is 4.65. The molecule has 0 fully saturated rings. The van der Waals surface area contributed by atoms with Crippen molar-refractivity contribution in [3.8, 4) is 6.07 Å². The highest BCUT2D eigenvalue weighted by atomic mass is 16.4. The third-order valence-corrected chi connectivity index (χ3v) is 2.01. The highest BCUT2D eigenvalue weighted by Gasteiger charge is 2.11. The second kappa shape index (κ2) is 4.37. The van der Waals surface area contributed by atoms with Crippen LogP contribution in [-0.2, 0) is 0 Å². The zero-order valence-electron chi connectivity index (χ0n) is 8.54. The average Bonchev–Trinajstić information content (AvgIpc) is 2.78. The van der Waals surface area contributed by atoms with Crippen LogP contribution in [0.15, 0.2) is 34.9 Å². The van der Waals surface area contributed by atoms with E-state index < -0.39 is 5.97 Å². The van der Waals surface area contributed by atoms with Gasteiger partial charge in [-0.15, -0.1) is 0 Å². The number of carbonyl (C=O) groups is 1. The number of rotatable bonds is 3. The molecule has 2 aromatic rings. The molecule has 2 N–H and O–H groups in total. The predicted octanol–water partition coefficient (Wildman–Crippen LogP) is 1.99. The number of aromatic nitrogens is 1. The number of aromatic carboxylic acids is 1. The van der Waals surface area contributed by atoms with E-state index in [0.717, 1.165) is 6.26 Å². The maximum atomic E-state index is 10.6. The van der Waals surface area contributed by atoms with Gasteiger partial charge in [0.2, 0.25) is 0 Å². The summed E-state index contributed by atoms with van der Waals surface area (Å²) in [7, 11) is 0. The molecule has 1 aromatic heterocycles. The number of anilines is 2. The van der Waals surface area contributed by atoms with Gasteiger partial charge in [0.1, 0.15) is 12.3 Å². The van der Waals surface area contributed by atoms with Crippen LogP contribution in [0.4, 0.5) is 11.7 Å². The molecule has 0 saturated heterocycles. The summed E-state index contributed by atoms with van der Waals surface area (Å²) in [4.78, 5) is 14.3. The van der Waals surface area contributed by atoms with E-state index in [2.05, 4.69) is 10.3 Å². The molecule has 0 saturated carbocycles. The first kappa shape index (κ1) is 10.7. The number of carboxylic acids is 1. The van der Waals surface area contributed by atoms with Gasteiger partial charge < -0.3 is 14.8 Å². The molecule has 0 amide bonds. The Morgan fingerprint density at radius 2 is 2.24 bits per heavy atom. The van der Waals surface area contributed by atoms with Crippen LogP contribution < -0.4 is 5.32 Å². The van der Waals surface area contributed by atoms with Crippen molar-refractivity contribution in [3.63, 3.8) is 0 Å². The lowest BCUT2D eigenvalue weighted by atomic mass is 10.2. The first-order valence-electron chi connectivity index (χ1n) is 4.65. The van der Waals surface area contributed by atoms with Gasteiger partial charge in [-0.25, -0.2) is 4.79 Å². The highest BCUT2D eigenvalue weighted by molar-refractivity contribution is 5.85. The van der Waals surface area contributed by atoms with Crippen molar-refractivity contribution in [1.82, 2.24) is 4.98 Å². The summed E-state index contributed by atoms with van der Waals surface area (Å²) in [5, 5.41) is 20.3. The lowest BCUT2D eigenvalue weighted by Crippen LogP contribution is -1.98. The molecule has 0 unspecified atom stereocenters. The molecular weight excluding hydrogens is 222 g/mol. The second-order valence-electron chi connectivity index (χ2n) is 3.13. The van der Waals surface area contributed by atoms with Gasteiger partial charge in [-0.1, -0.05) is 12.1 Å². The molecule has 0 bridgehead atoms. The minimum Gasteiger partial charge on any atom is -0.476 e. The Kier molecular flexibility index (Phi) is 2.75. The third kappa shape index (κ3) is 2.23. The molecule has 0 radical (unpaired) electrons. The molecule has 0 aliphatic carbocycles. The number of nitrogens with one attached hydrogen (secondary N) is 1. The van der Waals surface area contributed by atoms with Crippen LogP contribution >= 0.6 is 0 Å². The van der Waals surface area contributed by atoms with Gasteiger partial charge in [0, 0.05) is 0 Å². The second-order valence-corrected chi connectivity index (χ2v) is 3.13. The molecule has 84 valence electrons. The Hall–Kier alpha value is -2.81. The Labute approximate surface area is 96.1 Å². The Morgan fingerprint density at radius 1 is 1.47 bits per heavy atom. The standard InChI is InChI=1S/C11H7N3O3/c12-5-7-3-1-2-4-8(7)13-11-14-9(6-17-11)10(15)16/h1-4,6H,(H,13,14)(H,15,16). The lowest BCUT2D eigenvalue weighted by molar-refractivity contribution is 0.0690. The van der Waals surface area contributed by atoms with Crippen molar-refractivity contribution in [2.45, 2.75) is 0 Å². The number of para-hydroxylation sites is 1. The number of oxazole rings is 1. The van der Waals surface area contributed by atoms with E-state index in [1.54, 1.807) is 24.3 Å². The van der Waals surface area contributed by atoms with Crippen molar-refractivity contribution >= 4 is 17.7 Å². The van der Waals surface area contributed by atoms with Crippen molar-refractivity contribution in [2.75, 3.05) is 5.32 Å². The summed E-state index contributed by atoms with van der Waals surface area (Å²) in [5.74, 6) is -1.17. The van der Waals surface area contributed by atoms with Crippen LogP contribution in [0.25, 0.3) is 0 Å². The minimum absolute atomic E-state index is 0.0325. The lowest BCUT2D eigenvalue weighted by Gasteiger charge is -2.02. The fraction of sp³-hybridized carbons (Fsp3) is 0. The zero-order valence-corrected chi connectivity index (χ0v) is 8.54. The monoisotopic (exact) mass is 229 g/mol. The van der Waals surface area contributed by atoms with Gasteiger partial charge in [0.15, 0.2) is 5.69 Å². The number of hydrogen-bond acceptors (Lipinski definition) is 5. The molecule has 6 heteroatoms. The van der Waals surface area contributed by atoms with E-state index in [9.17, 15) is 4.79 Å². The van der Waals surface area contributed by atoms with Crippen molar-refractivity contribution in [1.29, 1.82) is 5.26 Å². The fourth-order valence-corrected chi connectivity index (χ4v) is 1.23. The van der Waals surface area contributed by atoms with Gasteiger partial charge in [0.05, 0.1) is 11.3 Å². The quantitative estimate of drug-likeness (QED) is 0.834. The summed E-state index contributed by atoms with van der Waals surface area (Å²) < 4.78 is 4.92. The van der Waals surface area contributed by atoms with Crippen LogP contribution in [0.3, 0.4) is 0 Å².